The molecule has 23 heavy (non-hydrogen) atoms. The number of nitrogens with one attached hydrogen (secondary N) is 1. The summed E-state index contributed by atoms with van der Waals surface area (Å²) in [6.07, 6.45) is -4.54. The predicted octanol–water partition coefficient (Wildman–Crippen LogP) is 4.17. The number of carbonyl (C=O) groups is 1. The maximum absolute atomic E-state index is 12.6. The number of carbonyl (C=O) groups excluding carboxylic acids is 1. The first kappa shape index (κ1) is 16.5. The van der Waals surface area contributed by atoms with Crippen LogP contribution in [0.4, 0.5) is 24.5 Å². The van der Waals surface area contributed by atoms with Gasteiger partial charge in [-0.2, -0.15) is 13.2 Å². The minimum Gasteiger partial charge on any atom is -0.322 e. The molecule has 1 N–H and O–H groups in total. The minimum atomic E-state index is -4.54. The molecule has 0 saturated carbocycles. The van der Waals surface area contributed by atoms with E-state index in [2.05, 4.69) is 5.32 Å². The summed E-state index contributed by atoms with van der Waals surface area (Å²) in [6.45, 7) is 1.50. The fourth-order valence-corrected chi connectivity index (χ4v) is 1.98. The third-order valence-electron chi connectivity index (χ3n) is 3.10. The summed E-state index contributed by atoms with van der Waals surface area (Å²) in [5.74, 6) is -0.732. The van der Waals surface area contributed by atoms with E-state index in [0.717, 1.165) is 18.2 Å². The maximum Gasteiger partial charge on any atom is 0.416 e. The van der Waals surface area contributed by atoms with E-state index in [1.165, 1.54) is 31.2 Å². The summed E-state index contributed by atoms with van der Waals surface area (Å²) < 4.78 is 37.9. The highest BCUT2D eigenvalue weighted by molar-refractivity contribution is 6.04. The fourth-order valence-electron chi connectivity index (χ4n) is 1.98. The molecule has 2 aromatic rings. The van der Waals surface area contributed by atoms with Gasteiger partial charge in [0.15, 0.2) is 0 Å². The standard InChI is InChI=1S/C15H11F3N2O3/c1-9-7-12(5-6-13(9)20(22)23)19-14(21)10-3-2-4-11(8-10)15(16,17)18/h2-8H,1H3,(H,19,21). The van der Waals surface area contributed by atoms with E-state index in [4.69, 9.17) is 0 Å². The molecule has 0 aliphatic rings. The van der Waals surface area contributed by atoms with Crippen LogP contribution in [0.1, 0.15) is 21.5 Å². The molecular weight excluding hydrogens is 313 g/mol. The molecule has 0 saturated heterocycles. The Kier molecular flexibility index (Phi) is 4.35. The number of halogens is 3. The largest absolute Gasteiger partial charge is 0.416 e. The monoisotopic (exact) mass is 324 g/mol. The average Bonchev–Trinajstić information content (AvgIpc) is 2.46. The molecule has 1 amide bonds. The van der Waals surface area contributed by atoms with E-state index in [9.17, 15) is 28.1 Å². The van der Waals surface area contributed by atoms with Crippen molar-refractivity contribution < 1.29 is 22.9 Å². The SMILES string of the molecule is Cc1cc(NC(=O)c2cccc(C(F)(F)F)c2)ccc1[N+](=O)[O-]. The third-order valence-corrected chi connectivity index (χ3v) is 3.10. The normalized spacial score (nSPS) is 11.1. The summed E-state index contributed by atoms with van der Waals surface area (Å²) >= 11 is 0. The molecule has 0 heterocycles. The Morgan fingerprint density at radius 2 is 1.87 bits per heavy atom. The van der Waals surface area contributed by atoms with Crippen molar-refractivity contribution >= 4 is 17.3 Å². The lowest BCUT2D eigenvalue weighted by molar-refractivity contribution is -0.385. The van der Waals surface area contributed by atoms with Gasteiger partial charge in [-0.1, -0.05) is 6.07 Å². The Morgan fingerprint density at radius 3 is 2.43 bits per heavy atom. The Bertz CT molecular complexity index is 773. The molecule has 0 aromatic heterocycles. The lowest BCUT2D eigenvalue weighted by Crippen LogP contribution is -2.14. The second-order valence-corrected chi connectivity index (χ2v) is 4.79. The molecule has 2 rings (SSSR count). The van der Waals surface area contributed by atoms with E-state index < -0.39 is 22.6 Å². The molecule has 0 aliphatic carbocycles. The average molecular weight is 324 g/mol. The molecule has 0 fully saturated rings. The zero-order valence-electron chi connectivity index (χ0n) is 11.8. The molecule has 0 unspecified atom stereocenters. The second kappa shape index (κ2) is 6.07. The number of nitro benzene ring substituents is 1. The molecule has 5 nitrogen and oxygen atoms in total. The van der Waals surface area contributed by atoms with Gasteiger partial charge in [-0.3, -0.25) is 14.9 Å². The quantitative estimate of drug-likeness (QED) is 0.680. The van der Waals surface area contributed by atoms with Crippen molar-refractivity contribution in [2.75, 3.05) is 5.32 Å². The number of anilines is 1. The zero-order chi connectivity index (χ0) is 17.2. The number of alkyl halides is 3. The van der Waals surface area contributed by atoms with Crippen LogP contribution in [0.5, 0.6) is 0 Å². The highest BCUT2D eigenvalue weighted by Gasteiger charge is 2.30. The van der Waals surface area contributed by atoms with Gasteiger partial charge in [0.05, 0.1) is 10.5 Å². The van der Waals surface area contributed by atoms with Crippen LogP contribution >= 0.6 is 0 Å². The molecule has 0 aliphatic heterocycles. The van der Waals surface area contributed by atoms with Gasteiger partial charge in [-0.15, -0.1) is 0 Å². The van der Waals surface area contributed by atoms with Crippen molar-refractivity contribution in [1.29, 1.82) is 0 Å². The number of amides is 1. The van der Waals surface area contributed by atoms with E-state index in [1.54, 1.807) is 0 Å². The number of rotatable bonds is 3. The topological polar surface area (TPSA) is 72.2 Å². The van der Waals surface area contributed by atoms with Gasteiger partial charge in [-0.05, 0) is 37.3 Å². The second-order valence-electron chi connectivity index (χ2n) is 4.79. The van der Waals surface area contributed by atoms with E-state index in [0.29, 0.717) is 5.56 Å². The number of benzene rings is 2. The van der Waals surface area contributed by atoms with Crippen LogP contribution in [-0.4, -0.2) is 10.8 Å². The Labute approximate surface area is 128 Å². The fraction of sp³-hybridized carbons (Fsp3) is 0.133. The first-order valence-electron chi connectivity index (χ1n) is 6.42. The molecule has 120 valence electrons. The van der Waals surface area contributed by atoms with Crippen molar-refractivity contribution in [2.45, 2.75) is 13.1 Å². The van der Waals surface area contributed by atoms with Gasteiger partial charge in [0, 0.05) is 22.9 Å². The van der Waals surface area contributed by atoms with Crippen molar-refractivity contribution in [2.24, 2.45) is 0 Å². The lowest BCUT2D eigenvalue weighted by Gasteiger charge is -2.09. The number of aryl methyl sites for hydroxylation is 1. The highest BCUT2D eigenvalue weighted by Crippen LogP contribution is 2.29. The summed E-state index contributed by atoms with van der Waals surface area (Å²) in [7, 11) is 0. The molecule has 0 bridgehead atoms. The number of hydrogen-bond donors (Lipinski definition) is 1. The summed E-state index contributed by atoms with van der Waals surface area (Å²) in [4.78, 5) is 22.2. The number of nitro groups is 1. The van der Waals surface area contributed by atoms with Gasteiger partial charge in [0.25, 0.3) is 11.6 Å². The molecule has 0 atom stereocenters. The van der Waals surface area contributed by atoms with Crippen molar-refractivity contribution in [3.63, 3.8) is 0 Å². The van der Waals surface area contributed by atoms with Crippen LogP contribution in [0.15, 0.2) is 42.5 Å². The maximum atomic E-state index is 12.6. The van der Waals surface area contributed by atoms with E-state index >= 15 is 0 Å². The first-order chi connectivity index (χ1) is 10.7. The number of hydrogen-bond acceptors (Lipinski definition) is 3. The molecule has 0 spiro atoms. The molecule has 0 radical (unpaired) electrons. The first-order valence-corrected chi connectivity index (χ1v) is 6.42. The van der Waals surface area contributed by atoms with Crippen LogP contribution in [0, 0.1) is 17.0 Å². The van der Waals surface area contributed by atoms with Gasteiger partial charge >= 0.3 is 6.18 Å². The Hall–Kier alpha value is -2.90. The van der Waals surface area contributed by atoms with Gasteiger partial charge in [0.1, 0.15) is 0 Å². The van der Waals surface area contributed by atoms with Crippen LogP contribution in [0.3, 0.4) is 0 Å². The van der Waals surface area contributed by atoms with Gasteiger partial charge < -0.3 is 5.32 Å². The van der Waals surface area contributed by atoms with Gasteiger partial charge in [0.2, 0.25) is 0 Å². The van der Waals surface area contributed by atoms with Gasteiger partial charge in [-0.25, -0.2) is 0 Å². The minimum absolute atomic E-state index is 0.109. The van der Waals surface area contributed by atoms with Crippen LogP contribution < -0.4 is 5.32 Å². The van der Waals surface area contributed by atoms with Crippen molar-refractivity contribution in [3.8, 4) is 0 Å². The Balaban J connectivity index is 2.23. The summed E-state index contributed by atoms with van der Waals surface area (Å²) in [5, 5.41) is 13.1. The van der Waals surface area contributed by atoms with Crippen LogP contribution in [0.25, 0.3) is 0 Å². The third kappa shape index (κ3) is 3.85. The molecular formula is C15H11F3N2O3. The van der Waals surface area contributed by atoms with Crippen LogP contribution in [-0.2, 0) is 6.18 Å². The predicted molar refractivity (Wildman–Crippen MR) is 77.2 cm³/mol. The smallest absolute Gasteiger partial charge is 0.322 e. The van der Waals surface area contributed by atoms with Crippen LogP contribution in [0.2, 0.25) is 0 Å². The Morgan fingerprint density at radius 1 is 1.17 bits per heavy atom. The van der Waals surface area contributed by atoms with Crippen molar-refractivity contribution in [3.05, 3.63) is 69.3 Å². The highest BCUT2D eigenvalue weighted by atomic mass is 19.4. The van der Waals surface area contributed by atoms with E-state index in [1.807, 2.05) is 0 Å². The zero-order valence-corrected chi connectivity index (χ0v) is 11.8. The summed E-state index contributed by atoms with van der Waals surface area (Å²) in [5.41, 5.74) is -0.602. The number of nitrogens with zero attached hydrogens (tertiary/aromatic N) is 1. The lowest BCUT2D eigenvalue weighted by atomic mass is 10.1. The molecule has 2 aromatic carbocycles. The van der Waals surface area contributed by atoms with E-state index in [-0.39, 0.29) is 16.9 Å². The van der Waals surface area contributed by atoms with Crippen molar-refractivity contribution in [1.82, 2.24) is 0 Å². The summed E-state index contributed by atoms with van der Waals surface area (Å²) in [6, 6.07) is 7.92. The molecule has 8 heteroatoms.